The Morgan fingerprint density at radius 3 is 2.46 bits per heavy atom. The number of hydrogen-bond donors (Lipinski definition) is 4. The highest BCUT2D eigenvalue weighted by Crippen LogP contribution is 2.30. The maximum Gasteiger partial charge on any atom is 0.418 e. The number of urea groups is 1. The van der Waals surface area contributed by atoms with Crippen LogP contribution >= 0.6 is 0 Å². The fourth-order valence-corrected chi connectivity index (χ4v) is 3.28. The number of rotatable bonds is 4. The van der Waals surface area contributed by atoms with E-state index in [1.54, 1.807) is 0 Å². The summed E-state index contributed by atoms with van der Waals surface area (Å²) in [5, 5.41) is 3.49. The number of fused-ring (bicyclic) bond motifs is 2. The molecule has 13 heteroatoms. The van der Waals surface area contributed by atoms with E-state index in [2.05, 4.69) is 20.5 Å². The van der Waals surface area contributed by atoms with E-state index >= 15 is 0 Å². The average molecular weight is 363 g/mol. The van der Waals surface area contributed by atoms with Crippen LogP contribution in [0.5, 0.6) is 0 Å². The number of nitrogens with zero attached hydrogens (tertiary/aromatic N) is 2. The summed E-state index contributed by atoms with van der Waals surface area (Å²) in [6.45, 7) is 1.17. The zero-order valence-electron chi connectivity index (χ0n) is 12.5. The Bertz CT molecular complexity index is 664. The summed E-state index contributed by atoms with van der Waals surface area (Å²) >= 11 is 0. The van der Waals surface area contributed by atoms with Crippen LogP contribution in [0.25, 0.3) is 0 Å². The highest BCUT2D eigenvalue weighted by Gasteiger charge is 2.49. The van der Waals surface area contributed by atoms with Crippen molar-refractivity contribution in [2.75, 3.05) is 19.6 Å². The van der Waals surface area contributed by atoms with Crippen LogP contribution in [-0.2, 0) is 24.3 Å². The predicted molar refractivity (Wildman–Crippen MR) is 76.0 cm³/mol. The van der Waals surface area contributed by atoms with Crippen LogP contribution in [0.2, 0.25) is 0 Å². The van der Waals surface area contributed by atoms with Gasteiger partial charge in [-0.25, -0.2) is 4.79 Å². The quantitative estimate of drug-likeness (QED) is 0.312. The molecule has 3 heterocycles. The number of nitrogens with one attached hydrogen (secondary N) is 3. The first kappa shape index (κ1) is 16.9. The molecule has 3 aliphatic heterocycles. The molecule has 3 fully saturated rings. The van der Waals surface area contributed by atoms with Crippen LogP contribution in [0.3, 0.4) is 0 Å². The SMILES string of the molecule is O=C(NNC(=O)[C@@H]1CC[C@@H]2CN1C(=O)N2OS(=O)(=O)O)C1CNC1. The Morgan fingerprint density at radius 1 is 1.21 bits per heavy atom. The van der Waals surface area contributed by atoms with Gasteiger partial charge in [0.2, 0.25) is 5.91 Å². The molecule has 2 bridgehead atoms. The van der Waals surface area contributed by atoms with Crippen LogP contribution in [0.1, 0.15) is 12.8 Å². The summed E-state index contributed by atoms with van der Waals surface area (Å²) in [4.78, 5) is 37.2. The summed E-state index contributed by atoms with van der Waals surface area (Å²) in [5.41, 5.74) is 4.59. The van der Waals surface area contributed by atoms with Gasteiger partial charge in [0.1, 0.15) is 6.04 Å². The molecular weight excluding hydrogens is 346 g/mol. The smallest absolute Gasteiger partial charge is 0.315 e. The number of hydrazine groups is 1. The minimum absolute atomic E-state index is 0.0902. The van der Waals surface area contributed by atoms with Gasteiger partial charge in [-0.05, 0) is 12.8 Å². The van der Waals surface area contributed by atoms with Gasteiger partial charge in [-0.15, -0.1) is 4.28 Å². The lowest BCUT2D eigenvalue weighted by molar-refractivity contribution is -0.134. The summed E-state index contributed by atoms with van der Waals surface area (Å²) in [5.74, 6) is -1.09. The van der Waals surface area contributed by atoms with E-state index < -0.39 is 34.4 Å². The van der Waals surface area contributed by atoms with E-state index in [-0.39, 0.29) is 24.8 Å². The lowest BCUT2D eigenvalue weighted by Gasteiger charge is -2.30. The second kappa shape index (κ2) is 6.16. The van der Waals surface area contributed by atoms with Gasteiger partial charge in [0.25, 0.3) is 5.91 Å². The van der Waals surface area contributed by atoms with Crippen LogP contribution < -0.4 is 16.2 Å². The monoisotopic (exact) mass is 363 g/mol. The molecule has 0 aliphatic carbocycles. The first-order chi connectivity index (χ1) is 11.3. The molecule has 24 heavy (non-hydrogen) atoms. The predicted octanol–water partition coefficient (Wildman–Crippen LogP) is -2.64. The van der Waals surface area contributed by atoms with Crippen LogP contribution in [0.15, 0.2) is 0 Å². The number of hydrogen-bond acceptors (Lipinski definition) is 7. The summed E-state index contributed by atoms with van der Waals surface area (Å²) in [6, 6.07) is -2.26. The number of piperidine rings is 1. The molecule has 0 aromatic rings. The van der Waals surface area contributed by atoms with Crippen LogP contribution in [0, 0.1) is 5.92 Å². The number of amides is 4. The molecular formula is C11H17N5O7S. The van der Waals surface area contributed by atoms with E-state index in [0.717, 1.165) is 4.90 Å². The fourth-order valence-electron chi connectivity index (χ4n) is 2.89. The van der Waals surface area contributed by atoms with E-state index in [4.69, 9.17) is 4.55 Å². The Balaban J connectivity index is 1.58. The number of carbonyl (C=O) groups is 3. The van der Waals surface area contributed by atoms with Crippen LogP contribution in [-0.4, -0.2) is 72.5 Å². The molecule has 4 amide bonds. The largest absolute Gasteiger partial charge is 0.418 e. The minimum atomic E-state index is -4.83. The lowest BCUT2D eigenvalue weighted by atomic mass is 10.0. The molecule has 0 unspecified atom stereocenters. The Kier molecular flexibility index (Phi) is 4.33. The molecule has 3 saturated heterocycles. The van der Waals surface area contributed by atoms with Gasteiger partial charge in [-0.1, -0.05) is 0 Å². The minimum Gasteiger partial charge on any atom is -0.315 e. The highest BCUT2D eigenvalue weighted by molar-refractivity contribution is 7.80. The second-order valence-electron chi connectivity index (χ2n) is 5.84. The second-order valence-corrected chi connectivity index (χ2v) is 6.85. The standard InChI is InChI=1S/C11H17N5O7S/c17-9(6-3-12-4-6)13-14-10(18)8-2-1-7-5-15(8)11(19)16(7)23-24(20,21)22/h6-8,12H,1-5H2,(H,13,17)(H,14,18)(H,20,21,22)/t7-,8+/m1/s1. The van der Waals surface area contributed by atoms with Crippen molar-refractivity contribution in [3.05, 3.63) is 0 Å². The molecule has 0 aromatic heterocycles. The van der Waals surface area contributed by atoms with Crippen molar-refractivity contribution >= 4 is 28.2 Å². The summed E-state index contributed by atoms with van der Waals surface area (Å²) in [6.07, 6.45) is 0.588. The molecule has 12 nitrogen and oxygen atoms in total. The molecule has 0 aromatic carbocycles. The van der Waals surface area contributed by atoms with Gasteiger partial charge < -0.3 is 10.2 Å². The Hall–Kier alpha value is -1.96. The van der Waals surface area contributed by atoms with E-state index in [1.807, 2.05) is 0 Å². The molecule has 4 N–H and O–H groups in total. The molecule has 3 rings (SSSR count). The zero-order chi connectivity index (χ0) is 17.5. The van der Waals surface area contributed by atoms with Crippen molar-refractivity contribution in [1.82, 2.24) is 26.1 Å². The van der Waals surface area contributed by atoms with Crippen molar-refractivity contribution in [1.29, 1.82) is 0 Å². The molecule has 2 atom stereocenters. The highest BCUT2D eigenvalue weighted by atomic mass is 32.3. The zero-order valence-corrected chi connectivity index (χ0v) is 13.3. The summed E-state index contributed by atoms with van der Waals surface area (Å²) < 4.78 is 34.6. The number of carbonyl (C=O) groups excluding carboxylic acids is 3. The van der Waals surface area contributed by atoms with E-state index in [9.17, 15) is 22.8 Å². The van der Waals surface area contributed by atoms with Crippen molar-refractivity contribution in [2.24, 2.45) is 5.92 Å². The molecule has 0 radical (unpaired) electrons. The Labute approximate surface area is 137 Å². The molecule has 0 spiro atoms. The number of hydroxylamine groups is 2. The Morgan fingerprint density at radius 2 is 1.88 bits per heavy atom. The maximum absolute atomic E-state index is 12.2. The topological polar surface area (TPSA) is 157 Å². The summed E-state index contributed by atoms with van der Waals surface area (Å²) in [7, 11) is -4.83. The van der Waals surface area contributed by atoms with Crippen LogP contribution in [0.4, 0.5) is 4.79 Å². The first-order valence-electron chi connectivity index (χ1n) is 7.33. The third-order valence-corrected chi connectivity index (χ3v) is 4.61. The van der Waals surface area contributed by atoms with Gasteiger partial charge in [0.15, 0.2) is 0 Å². The van der Waals surface area contributed by atoms with Gasteiger partial charge >= 0.3 is 16.4 Å². The van der Waals surface area contributed by atoms with E-state index in [0.29, 0.717) is 24.6 Å². The van der Waals surface area contributed by atoms with Crippen molar-refractivity contribution in [3.63, 3.8) is 0 Å². The van der Waals surface area contributed by atoms with Gasteiger partial charge in [-0.3, -0.25) is 25.0 Å². The van der Waals surface area contributed by atoms with Gasteiger partial charge in [-0.2, -0.15) is 13.5 Å². The van der Waals surface area contributed by atoms with Crippen molar-refractivity contribution in [2.45, 2.75) is 24.9 Å². The van der Waals surface area contributed by atoms with Gasteiger partial charge in [0, 0.05) is 19.6 Å². The maximum atomic E-state index is 12.2. The fraction of sp³-hybridized carbons (Fsp3) is 0.727. The molecule has 0 saturated carbocycles. The third-order valence-electron chi connectivity index (χ3n) is 4.26. The average Bonchev–Trinajstić information content (AvgIpc) is 2.67. The normalized spacial score (nSPS) is 27.0. The first-order valence-corrected chi connectivity index (χ1v) is 8.70. The van der Waals surface area contributed by atoms with E-state index in [1.165, 1.54) is 0 Å². The molecule has 134 valence electrons. The lowest BCUT2D eigenvalue weighted by Crippen LogP contribution is -2.58. The van der Waals surface area contributed by atoms with Crippen molar-refractivity contribution in [3.8, 4) is 0 Å². The third kappa shape index (κ3) is 3.28. The van der Waals surface area contributed by atoms with Crippen molar-refractivity contribution < 1.29 is 31.6 Å². The van der Waals surface area contributed by atoms with Gasteiger partial charge in [0.05, 0.1) is 12.0 Å². The molecule has 3 aliphatic rings.